The van der Waals surface area contributed by atoms with Crippen LogP contribution in [-0.4, -0.2) is 17.8 Å². The summed E-state index contributed by atoms with van der Waals surface area (Å²) in [6, 6.07) is 21.3. The van der Waals surface area contributed by atoms with Crippen molar-refractivity contribution in [3.63, 3.8) is 0 Å². The third kappa shape index (κ3) is 4.24. The molecule has 0 saturated carbocycles. The van der Waals surface area contributed by atoms with E-state index in [0.29, 0.717) is 0 Å². The number of carboxylic acid groups (broad SMARTS) is 2. The number of carboxylic acids is 2. The largest absolute Gasteiger partial charge is 0.545 e. The van der Waals surface area contributed by atoms with Crippen LogP contribution in [0.3, 0.4) is 0 Å². The van der Waals surface area contributed by atoms with Gasteiger partial charge in [0.25, 0.3) is 0 Å². The average Bonchev–Trinajstić information content (AvgIpc) is 2.69. The van der Waals surface area contributed by atoms with Gasteiger partial charge in [-0.1, -0.05) is 60.7 Å². The first-order valence-electron chi connectivity index (χ1n) is 8.44. The van der Waals surface area contributed by atoms with Crippen LogP contribution in [0.1, 0.15) is 37.8 Å². The van der Waals surface area contributed by atoms with Crippen LogP contribution in [0, 0.1) is 0 Å². The van der Waals surface area contributed by atoms with Gasteiger partial charge in [-0.2, -0.15) is 0 Å². The molecule has 28 heavy (non-hydrogen) atoms. The zero-order chi connectivity index (χ0) is 20.1. The van der Waals surface area contributed by atoms with Gasteiger partial charge in [0, 0.05) is 5.69 Å². The monoisotopic (exact) mass is 373 g/mol. The highest BCUT2D eigenvalue weighted by atomic mass is 16.4. The fourth-order valence-corrected chi connectivity index (χ4v) is 2.94. The zero-order valence-electron chi connectivity index (χ0n) is 14.6. The molecule has 0 atom stereocenters. The molecule has 0 aromatic heterocycles. The van der Waals surface area contributed by atoms with E-state index in [1.54, 1.807) is 24.3 Å². The molecule has 3 aromatic rings. The van der Waals surface area contributed by atoms with Crippen LogP contribution < -0.4 is 15.5 Å². The Balaban J connectivity index is 1.99. The van der Waals surface area contributed by atoms with Gasteiger partial charge in [-0.25, -0.2) is 0 Å². The van der Waals surface area contributed by atoms with E-state index in [1.807, 2.05) is 36.4 Å². The third-order valence-corrected chi connectivity index (χ3v) is 4.20. The average molecular weight is 373 g/mol. The molecular formula is C22H15NO5-2. The van der Waals surface area contributed by atoms with Crippen molar-refractivity contribution in [2.75, 3.05) is 5.32 Å². The Morgan fingerprint density at radius 2 is 1.11 bits per heavy atom. The molecule has 0 aliphatic carbocycles. The Labute approximate surface area is 161 Å². The highest BCUT2D eigenvalue weighted by Crippen LogP contribution is 2.26. The molecule has 6 heteroatoms. The SMILES string of the molecule is O=C([O-])c1cc(NC(=O)C(c2ccccc2)c2ccccc2)cc(C(=O)[O-])c1. The van der Waals surface area contributed by atoms with Crippen LogP contribution >= 0.6 is 0 Å². The smallest absolute Gasteiger partial charge is 0.236 e. The summed E-state index contributed by atoms with van der Waals surface area (Å²) in [6.45, 7) is 0. The van der Waals surface area contributed by atoms with E-state index in [9.17, 15) is 24.6 Å². The molecule has 1 amide bonds. The molecule has 0 aliphatic heterocycles. The van der Waals surface area contributed by atoms with Gasteiger partial charge in [0.2, 0.25) is 5.91 Å². The van der Waals surface area contributed by atoms with Crippen LogP contribution in [0.4, 0.5) is 5.69 Å². The van der Waals surface area contributed by atoms with Crippen LogP contribution in [0.2, 0.25) is 0 Å². The maximum absolute atomic E-state index is 13.0. The van der Waals surface area contributed by atoms with Crippen LogP contribution in [0.25, 0.3) is 0 Å². The van der Waals surface area contributed by atoms with E-state index in [-0.39, 0.29) is 16.8 Å². The first kappa shape index (κ1) is 18.8. The summed E-state index contributed by atoms with van der Waals surface area (Å²) in [5.41, 5.74) is 0.772. The minimum absolute atomic E-state index is 0.0303. The van der Waals surface area contributed by atoms with Crippen molar-refractivity contribution in [3.05, 3.63) is 101 Å². The van der Waals surface area contributed by atoms with Gasteiger partial charge in [-0.15, -0.1) is 0 Å². The number of carbonyl (C=O) groups excluding carboxylic acids is 3. The standard InChI is InChI=1S/C22H17NO5/c24-20(23-18-12-16(21(25)26)11-17(13-18)22(27)28)19(14-7-3-1-4-8-14)15-9-5-2-6-10-15/h1-13,19H,(H,23,24)(H,25,26)(H,27,28)/p-2. The first-order chi connectivity index (χ1) is 13.5. The molecule has 0 radical (unpaired) electrons. The zero-order valence-corrected chi connectivity index (χ0v) is 14.6. The number of aromatic carboxylic acids is 2. The minimum atomic E-state index is -1.55. The Bertz CT molecular complexity index is 944. The Morgan fingerprint density at radius 1 is 0.679 bits per heavy atom. The van der Waals surface area contributed by atoms with Gasteiger partial charge >= 0.3 is 0 Å². The Morgan fingerprint density at radius 3 is 1.50 bits per heavy atom. The van der Waals surface area contributed by atoms with Crippen LogP contribution in [-0.2, 0) is 4.79 Å². The maximum Gasteiger partial charge on any atom is 0.236 e. The minimum Gasteiger partial charge on any atom is -0.545 e. The number of nitrogens with one attached hydrogen (secondary N) is 1. The molecule has 0 heterocycles. The quantitative estimate of drug-likeness (QED) is 0.698. The van der Waals surface area contributed by atoms with E-state index >= 15 is 0 Å². The number of anilines is 1. The number of hydrogen-bond donors (Lipinski definition) is 1. The molecule has 0 saturated heterocycles. The van der Waals surface area contributed by atoms with Gasteiger partial charge in [-0.05, 0) is 40.5 Å². The van der Waals surface area contributed by atoms with E-state index in [1.165, 1.54) is 0 Å². The third-order valence-electron chi connectivity index (χ3n) is 4.20. The fourth-order valence-electron chi connectivity index (χ4n) is 2.94. The highest BCUT2D eigenvalue weighted by Gasteiger charge is 2.23. The van der Waals surface area contributed by atoms with Crippen molar-refractivity contribution in [2.24, 2.45) is 0 Å². The van der Waals surface area contributed by atoms with E-state index < -0.39 is 23.8 Å². The topological polar surface area (TPSA) is 109 Å². The lowest BCUT2D eigenvalue weighted by molar-refractivity contribution is -0.255. The second kappa shape index (κ2) is 8.18. The predicted molar refractivity (Wildman–Crippen MR) is 98.5 cm³/mol. The van der Waals surface area contributed by atoms with Gasteiger partial charge in [0.15, 0.2) is 0 Å². The van der Waals surface area contributed by atoms with Crippen LogP contribution in [0.5, 0.6) is 0 Å². The number of amides is 1. The molecule has 0 fully saturated rings. The summed E-state index contributed by atoms with van der Waals surface area (Å²) < 4.78 is 0. The highest BCUT2D eigenvalue weighted by molar-refractivity contribution is 6.01. The van der Waals surface area contributed by atoms with Gasteiger partial charge in [0.05, 0.1) is 17.9 Å². The van der Waals surface area contributed by atoms with Crippen molar-refractivity contribution < 1.29 is 24.6 Å². The van der Waals surface area contributed by atoms with Crippen molar-refractivity contribution >= 4 is 23.5 Å². The lowest BCUT2D eigenvalue weighted by atomic mass is 9.90. The molecule has 0 bridgehead atoms. The van der Waals surface area contributed by atoms with Crippen molar-refractivity contribution in [3.8, 4) is 0 Å². The number of rotatable bonds is 6. The molecule has 0 spiro atoms. The molecule has 6 nitrogen and oxygen atoms in total. The maximum atomic E-state index is 13.0. The lowest BCUT2D eigenvalue weighted by Gasteiger charge is -2.19. The summed E-state index contributed by atoms with van der Waals surface area (Å²) in [5, 5.41) is 24.9. The second-order valence-electron chi connectivity index (χ2n) is 6.12. The summed E-state index contributed by atoms with van der Waals surface area (Å²) in [5.74, 6) is -4.21. The molecule has 1 N–H and O–H groups in total. The molecule has 3 rings (SSSR count). The first-order valence-corrected chi connectivity index (χ1v) is 8.44. The van der Waals surface area contributed by atoms with E-state index in [4.69, 9.17) is 0 Å². The van der Waals surface area contributed by atoms with Crippen molar-refractivity contribution in [1.82, 2.24) is 0 Å². The van der Waals surface area contributed by atoms with Crippen molar-refractivity contribution in [2.45, 2.75) is 5.92 Å². The van der Waals surface area contributed by atoms with Crippen molar-refractivity contribution in [1.29, 1.82) is 0 Å². The summed E-state index contributed by atoms with van der Waals surface area (Å²) >= 11 is 0. The Hall–Kier alpha value is -3.93. The van der Waals surface area contributed by atoms with Gasteiger partial charge in [-0.3, -0.25) is 4.79 Å². The molecule has 0 unspecified atom stereocenters. The molecule has 0 aliphatic rings. The molecular weight excluding hydrogens is 358 g/mol. The van der Waals surface area contributed by atoms with Crippen LogP contribution in [0.15, 0.2) is 78.9 Å². The summed E-state index contributed by atoms with van der Waals surface area (Å²) in [7, 11) is 0. The summed E-state index contributed by atoms with van der Waals surface area (Å²) in [4.78, 5) is 35.3. The lowest BCUT2D eigenvalue weighted by Crippen LogP contribution is -2.27. The van der Waals surface area contributed by atoms with E-state index in [0.717, 1.165) is 29.3 Å². The number of carbonyl (C=O) groups is 3. The van der Waals surface area contributed by atoms with Gasteiger partial charge < -0.3 is 25.1 Å². The fraction of sp³-hybridized carbons (Fsp3) is 0.0455. The predicted octanol–water partition coefficient (Wildman–Crippen LogP) is 1.18. The number of benzene rings is 3. The normalized spacial score (nSPS) is 10.5. The molecule has 140 valence electrons. The number of hydrogen-bond acceptors (Lipinski definition) is 5. The Kier molecular flexibility index (Phi) is 5.50. The second-order valence-corrected chi connectivity index (χ2v) is 6.12. The molecule has 3 aromatic carbocycles. The summed E-state index contributed by atoms with van der Waals surface area (Å²) in [6.07, 6.45) is 0. The van der Waals surface area contributed by atoms with E-state index in [2.05, 4.69) is 5.32 Å². The van der Waals surface area contributed by atoms with Gasteiger partial charge in [0.1, 0.15) is 0 Å².